The second-order valence-electron chi connectivity index (χ2n) is 2.87. The first-order valence-electron chi connectivity index (χ1n) is 3.97. The van der Waals surface area contributed by atoms with Gasteiger partial charge in [-0.15, -0.1) is 0 Å². The first-order chi connectivity index (χ1) is 6.13. The summed E-state index contributed by atoms with van der Waals surface area (Å²) < 4.78 is 0. The maximum absolute atomic E-state index is 10.9. The molecule has 0 unspecified atom stereocenters. The predicted molar refractivity (Wildman–Crippen MR) is 47.9 cm³/mol. The Morgan fingerprint density at radius 3 is 2.85 bits per heavy atom. The highest BCUT2D eigenvalue weighted by Gasteiger charge is 2.20. The minimum Gasteiger partial charge on any atom is -0.386 e. The van der Waals surface area contributed by atoms with Crippen LogP contribution in [0.1, 0.15) is 18.6 Å². The maximum Gasteiger partial charge on any atom is 0.149 e. The van der Waals surface area contributed by atoms with Gasteiger partial charge in [-0.3, -0.25) is 9.78 Å². The van der Waals surface area contributed by atoms with E-state index in [1.165, 1.54) is 13.1 Å². The normalized spacial score (nSPS) is 15.0. The minimum atomic E-state index is -0.966. The van der Waals surface area contributed by atoms with E-state index < -0.39 is 12.1 Å². The molecule has 1 aromatic rings. The van der Waals surface area contributed by atoms with Gasteiger partial charge < -0.3 is 10.8 Å². The largest absolute Gasteiger partial charge is 0.386 e. The van der Waals surface area contributed by atoms with Crippen LogP contribution in [-0.2, 0) is 4.79 Å². The van der Waals surface area contributed by atoms with Crippen LogP contribution in [0.5, 0.6) is 0 Å². The van der Waals surface area contributed by atoms with Crippen LogP contribution in [0.25, 0.3) is 0 Å². The van der Waals surface area contributed by atoms with Gasteiger partial charge in [0.25, 0.3) is 0 Å². The fourth-order valence-electron chi connectivity index (χ4n) is 0.981. The molecule has 1 aromatic heterocycles. The molecule has 4 heteroatoms. The van der Waals surface area contributed by atoms with E-state index in [4.69, 9.17) is 5.73 Å². The van der Waals surface area contributed by atoms with Gasteiger partial charge in [0.2, 0.25) is 0 Å². The van der Waals surface area contributed by atoms with Gasteiger partial charge in [-0.2, -0.15) is 0 Å². The number of carbonyl (C=O) groups is 1. The van der Waals surface area contributed by atoms with Crippen LogP contribution in [0.3, 0.4) is 0 Å². The molecule has 2 atom stereocenters. The Balaban J connectivity index is 2.79. The van der Waals surface area contributed by atoms with E-state index in [1.807, 2.05) is 0 Å². The number of aliphatic hydroxyl groups excluding tert-OH is 1. The van der Waals surface area contributed by atoms with Crippen LogP contribution in [0.2, 0.25) is 0 Å². The minimum absolute atomic E-state index is 0.239. The van der Waals surface area contributed by atoms with Crippen LogP contribution < -0.4 is 5.73 Å². The lowest BCUT2D eigenvalue weighted by Gasteiger charge is -2.15. The molecule has 0 spiro atoms. The summed E-state index contributed by atoms with van der Waals surface area (Å²) in [7, 11) is 0. The van der Waals surface area contributed by atoms with Crippen LogP contribution in [0.4, 0.5) is 0 Å². The van der Waals surface area contributed by atoms with E-state index in [0.717, 1.165) is 0 Å². The number of hydrogen-bond donors (Lipinski definition) is 2. The fraction of sp³-hybridized carbons (Fsp3) is 0.333. The second-order valence-corrected chi connectivity index (χ2v) is 2.87. The number of hydrogen-bond acceptors (Lipinski definition) is 4. The Labute approximate surface area is 76.4 Å². The Hall–Kier alpha value is -1.26. The number of nitrogens with zero attached hydrogens (tertiary/aromatic N) is 1. The van der Waals surface area contributed by atoms with Gasteiger partial charge in [0.15, 0.2) is 0 Å². The number of ketones is 1. The van der Waals surface area contributed by atoms with Gasteiger partial charge in [-0.25, -0.2) is 0 Å². The van der Waals surface area contributed by atoms with Crippen molar-refractivity contribution in [2.24, 2.45) is 5.73 Å². The zero-order chi connectivity index (χ0) is 9.84. The number of aliphatic hydroxyl groups is 1. The summed E-state index contributed by atoms with van der Waals surface area (Å²) in [5, 5.41) is 9.57. The fourth-order valence-corrected chi connectivity index (χ4v) is 0.981. The molecule has 0 aliphatic rings. The third-order valence-electron chi connectivity index (χ3n) is 1.84. The molecule has 1 heterocycles. The van der Waals surface area contributed by atoms with Gasteiger partial charge in [-0.05, 0) is 13.0 Å². The van der Waals surface area contributed by atoms with Crippen molar-refractivity contribution >= 4 is 5.78 Å². The topological polar surface area (TPSA) is 76.2 Å². The van der Waals surface area contributed by atoms with Crippen molar-refractivity contribution in [3.8, 4) is 0 Å². The quantitative estimate of drug-likeness (QED) is 0.688. The third-order valence-corrected chi connectivity index (χ3v) is 1.84. The molecular weight excluding hydrogens is 168 g/mol. The third kappa shape index (κ3) is 2.34. The lowest BCUT2D eigenvalue weighted by molar-refractivity contribution is -0.120. The number of pyridine rings is 1. The van der Waals surface area contributed by atoms with Crippen molar-refractivity contribution in [1.29, 1.82) is 0 Å². The zero-order valence-electron chi connectivity index (χ0n) is 7.34. The van der Waals surface area contributed by atoms with Crippen molar-refractivity contribution in [1.82, 2.24) is 4.98 Å². The van der Waals surface area contributed by atoms with E-state index in [-0.39, 0.29) is 5.78 Å². The summed E-state index contributed by atoms with van der Waals surface area (Å²) in [6, 6.07) is 2.50. The highest BCUT2D eigenvalue weighted by atomic mass is 16.3. The number of aromatic nitrogens is 1. The molecule has 0 aromatic carbocycles. The molecule has 0 aliphatic carbocycles. The predicted octanol–water partition coefficient (Wildman–Crippen LogP) is 0.0313. The molecule has 0 fully saturated rings. The maximum atomic E-state index is 10.9. The Morgan fingerprint density at radius 1 is 1.69 bits per heavy atom. The molecule has 0 aliphatic heterocycles. The van der Waals surface area contributed by atoms with Gasteiger partial charge in [0, 0.05) is 18.0 Å². The van der Waals surface area contributed by atoms with Gasteiger partial charge in [0.05, 0.1) is 6.04 Å². The zero-order valence-corrected chi connectivity index (χ0v) is 7.34. The Bertz CT molecular complexity index is 287. The first kappa shape index (κ1) is 9.83. The molecule has 0 saturated heterocycles. The molecule has 0 radical (unpaired) electrons. The lowest BCUT2D eigenvalue weighted by Crippen LogP contribution is -2.35. The Kier molecular flexibility index (Phi) is 3.11. The molecule has 0 saturated carbocycles. The number of nitrogens with two attached hydrogens (primary N) is 1. The van der Waals surface area contributed by atoms with Crippen LogP contribution in [-0.4, -0.2) is 21.9 Å². The van der Waals surface area contributed by atoms with E-state index in [0.29, 0.717) is 5.56 Å². The van der Waals surface area contributed by atoms with Gasteiger partial charge >= 0.3 is 0 Å². The van der Waals surface area contributed by atoms with Crippen molar-refractivity contribution in [3.63, 3.8) is 0 Å². The van der Waals surface area contributed by atoms with Crippen molar-refractivity contribution in [2.45, 2.75) is 19.1 Å². The molecule has 13 heavy (non-hydrogen) atoms. The molecule has 1 rings (SSSR count). The Morgan fingerprint density at radius 2 is 2.38 bits per heavy atom. The lowest BCUT2D eigenvalue weighted by atomic mass is 10.0. The van der Waals surface area contributed by atoms with Crippen molar-refractivity contribution in [3.05, 3.63) is 30.1 Å². The van der Waals surface area contributed by atoms with E-state index >= 15 is 0 Å². The molecular formula is C9H12N2O2. The molecule has 0 amide bonds. The van der Waals surface area contributed by atoms with E-state index in [2.05, 4.69) is 4.98 Å². The van der Waals surface area contributed by atoms with Crippen LogP contribution in [0.15, 0.2) is 24.5 Å². The highest BCUT2D eigenvalue weighted by molar-refractivity contribution is 5.82. The summed E-state index contributed by atoms with van der Waals surface area (Å²) >= 11 is 0. The molecule has 0 bridgehead atoms. The van der Waals surface area contributed by atoms with Crippen molar-refractivity contribution < 1.29 is 9.90 Å². The van der Waals surface area contributed by atoms with Gasteiger partial charge in [-0.1, -0.05) is 6.07 Å². The van der Waals surface area contributed by atoms with Gasteiger partial charge in [0.1, 0.15) is 11.9 Å². The highest BCUT2D eigenvalue weighted by Crippen LogP contribution is 2.14. The standard InChI is InChI=1S/C9H12N2O2/c1-6(12)8(10)9(13)7-3-2-4-11-5-7/h2-5,8-9,13H,10H2,1H3/t8-,9-/m1/s1. The SMILES string of the molecule is CC(=O)[C@@H](N)[C@H](O)c1cccnc1. The smallest absolute Gasteiger partial charge is 0.149 e. The summed E-state index contributed by atoms with van der Waals surface area (Å²) in [5.74, 6) is -0.239. The summed E-state index contributed by atoms with van der Waals surface area (Å²) in [5.41, 5.74) is 6.03. The average Bonchev–Trinajstić information content (AvgIpc) is 2.17. The van der Waals surface area contributed by atoms with Crippen molar-refractivity contribution in [2.75, 3.05) is 0 Å². The summed E-state index contributed by atoms with van der Waals surface area (Å²) in [6.45, 7) is 1.35. The monoisotopic (exact) mass is 180 g/mol. The second kappa shape index (κ2) is 4.11. The molecule has 4 nitrogen and oxygen atoms in total. The molecule has 3 N–H and O–H groups in total. The molecule has 70 valence electrons. The van der Waals surface area contributed by atoms with E-state index in [9.17, 15) is 9.90 Å². The summed E-state index contributed by atoms with van der Waals surface area (Å²) in [4.78, 5) is 14.7. The van der Waals surface area contributed by atoms with Crippen LogP contribution >= 0.6 is 0 Å². The number of rotatable bonds is 3. The number of Topliss-reactive ketones (excluding diaryl/α,β-unsaturated/α-hetero) is 1. The summed E-state index contributed by atoms with van der Waals surface area (Å²) in [6.07, 6.45) is 2.12. The van der Waals surface area contributed by atoms with E-state index in [1.54, 1.807) is 18.3 Å². The number of carbonyl (C=O) groups excluding carboxylic acids is 1. The average molecular weight is 180 g/mol. The van der Waals surface area contributed by atoms with Crippen LogP contribution in [0, 0.1) is 0 Å². The first-order valence-corrected chi connectivity index (χ1v) is 3.97.